The molecule has 0 radical (unpaired) electrons. The zero-order chi connectivity index (χ0) is 22.8. The molecule has 3 rings (SSSR count). The third-order valence-electron chi connectivity index (χ3n) is 4.76. The molecule has 0 saturated carbocycles. The first kappa shape index (κ1) is 22.9. The zero-order valence-corrected chi connectivity index (χ0v) is 18.4. The topological polar surface area (TPSA) is 76.7 Å². The maximum absolute atomic E-state index is 12.8. The molecule has 166 valence electrons. The van der Waals surface area contributed by atoms with Crippen LogP contribution in [0.25, 0.3) is 0 Å². The Morgan fingerprint density at radius 3 is 2.22 bits per heavy atom. The summed E-state index contributed by atoms with van der Waals surface area (Å²) in [6.45, 7) is 5.41. The minimum atomic E-state index is -0.260. The highest BCUT2D eigenvalue weighted by Crippen LogP contribution is 2.28. The van der Waals surface area contributed by atoms with E-state index in [0.29, 0.717) is 54.5 Å². The summed E-state index contributed by atoms with van der Waals surface area (Å²) in [5, 5.41) is 5.76. The van der Waals surface area contributed by atoms with Crippen LogP contribution in [0, 0.1) is 0 Å². The van der Waals surface area contributed by atoms with Crippen LogP contribution in [0.1, 0.15) is 40.1 Å². The van der Waals surface area contributed by atoms with Gasteiger partial charge >= 0.3 is 0 Å². The van der Waals surface area contributed by atoms with Gasteiger partial charge in [0.05, 0.1) is 24.5 Å². The lowest BCUT2D eigenvalue weighted by Gasteiger charge is -2.13. The lowest BCUT2D eigenvalue weighted by Crippen LogP contribution is -2.27. The summed E-state index contributed by atoms with van der Waals surface area (Å²) in [5.41, 5.74) is 2.45. The van der Waals surface area contributed by atoms with Gasteiger partial charge in [0.25, 0.3) is 11.8 Å². The fraction of sp³-hybridized carbons (Fsp3) is 0.231. The van der Waals surface area contributed by atoms with Gasteiger partial charge in [0.15, 0.2) is 11.5 Å². The van der Waals surface area contributed by atoms with E-state index in [2.05, 4.69) is 10.6 Å². The van der Waals surface area contributed by atoms with Crippen molar-refractivity contribution in [2.75, 3.05) is 25.1 Å². The first-order valence-electron chi connectivity index (χ1n) is 10.7. The van der Waals surface area contributed by atoms with Crippen LogP contribution in [0.15, 0.2) is 72.8 Å². The van der Waals surface area contributed by atoms with Gasteiger partial charge in [0, 0.05) is 12.1 Å². The largest absolute Gasteiger partial charge is 0.490 e. The summed E-state index contributed by atoms with van der Waals surface area (Å²) in [5.74, 6) is 0.908. The van der Waals surface area contributed by atoms with E-state index < -0.39 is 0 Å². The third-order valence-corrected chi connectivity index (χ3v) is 4.76. The number of anilines is 1. The molecule has 0 bridgehead atoms. The van der Waals surface area contributed by atoms with E-state index in [9.17, 15) is 9.59 Å². The third kappa shape index (κ3) is 6.11. The number of carbonyl (C=O) groups is 2. The molecule has 32 heavy (non-hydrogen) atoms. The summed E-state index contributed by atoms with van der Waals surface area (Å²) >= 11 is 0. The minimum Gasteiger partial charge on any atom is -0.490 e. The second-order valence-electron chi connectivity index (χ2n) is 7.02. The molecule has 6 heteroatoms. The van der Waals surface area contributed by atoms with Crippen LogP contribution in [0.5, 0.6) is 11.5 Å². The number of nitrogens with one attached hydrogen (secondary N) is 2. The Morgan fingerprint density at radius 2 is 1.47 bits per heavy atom. The molecule has 0 fully saturated rings. The number of rotatable bonds is 10. The number of ether oxygens (including phenoxy) is 2. The van der Waals surface area contributed by atoms with Gasteiger partial charge in [-0.3, -0.25) is 9.59 Å². The fourth-order valence-corrected chi connectivity index (χ4v) is 3.24. The van der Waals surface area contributed by atoms with Crippen molar-refractivity contribution in [1.29, 1.82) is 0 Å². The van der Waals surface area contributed by atoms with E-state index in [0.717, 1.165) is 5.56 Å². The summed E-state index contributed by atoms with van der Waals surface area (Å²) < 4.78 is 11.3. The SMILES string of the molecule is CCOc1ccc(CCNC(=O)c2ccccc2NC(=O)c2ccccc2)cc1OCC. The molecule has 0 aliphatic rings. The predicted molar refractivity (Wildman–Crippen MR) is 126 cm³/mol. The molecule has 0 aromatic heterocycles. The Labute approximate surface area is 188 Å². The molecule has 0 aliphatic carbocycles. The van der Waals surface area contributed by atoms with Gasteiger partial charge in [-0.15, -0.1) is 0 Å². The van der Waals surface area contributed by atoms with Crippen LogP contribution >= 0.6 is 0 Å². The average molecular weight is 433 g/mol. The normalized spacial score (nSPS) is 10.3. The van der Waals surface area contributed by atoms with Crippen molar-refractivity contribution in [2.45, 2.75) is 20.3 Å². The highest BCUT2D eigenvalue weighted by atomic mass is 16.5. The Bertz CT molecular complexity index is 1050. The summed E-state index contributed by atoms with van der Waals surface area (Å²) in [6.07, 6.45) is 0.636. The van der Waals surface area contributed by atoms with Gasteiger partial charge in [-0.25, -0.2) is 0 Å². The van der Waals surface area contributed by atoms with Crippen LogP contribution in [-0.4, -0.2) is 31.6 Å². The molecule has 0 unspecified atom stereocenters. The molecule has 3 aromatic carbocycles. The van der Waals surface area contributed by atoms with Crippen molar-refractivity contribution in [3.63, 3.8) is 0 Å². The predicted octanol–water partition coefficient (Wildman–Crippen LogP) is 4.71. The van der Waals surface area contributed by atoms with E-state index in [1.165, 1.54) is 0 Å². The number of para-hydroxylation sites is 1. The number of benzene rings is 3. The molecular formula is C26H28N2O4. The highest BCUT2D eigenvalue weighted by Gasteiger charge is 2.14. The molecule has 3 aromatic rings. The standard InChI is InChI=1S/C26H28N2O4/c1-3-31-23-15-14-19(18-24(23)32-4-2)16-17-27-26(30)21-12-8-9-13-22(21)28-25(29)20-10-6-5-7-11-20/h5-15,18H,3-4,16-17H2,1-2H3,(H,27,30)(H,28,29). The number of carbonyl (C=O) groups excluding carboxylic acids is 2. The van der Waals surface area contributed by atoms with E-state index in [1.807, 2.05) is 38.1 Å². The van der Waals surface area contributed by atoms with Crippen LogP contribution < -0.4 is 20.1 Å². The van der Waals surface area contributed by atoms with E-state index in [4.69, 9.17) is 9.47 Å². The maximum atomic E-state index is 12.8. The zero-order valence-electron chi connectivity index (χ0n) is 18.4. The Hall–Kier alpha value is -3.80. The van der Waals surface area contributed by atoms with Crippen molar-refractivity contribution >= 4 is 17.5 Å². The molecule has 2 amide bonds. The number of amides is 2. The minimum absolute atomic E-state index is 0.245. The van der Waals surface area contributed by atoms with Gasteiger partial charge in [-0.1, -0.05) is 36.4 Å². The number of hydrogen-bond acceptors (Lipinski definition) is 4. The lowest BCUT2D eigenvalue weighted by atomic mass is 10.1. The van der Waals surface area contributed by atoms with Gasteiger partial charge in [-0.05, 0) is 62.2 Å². The first-order valence-corrected chi connectivity index (χ1v) is 10.7. The molecule has 0 heterocycles. The van der Waals surface area contributed by atoms with Crippen molar-refractivity contribution in [3.05, 3.63) is 89.5 Å². The second-order valence-corrected chi connectivity index (χ2v) is 7.02. The smallest absolute Gasteiger partial charge is 0.255 e. The molecule has 0 aliphatic heterocycles. The van der Waals surface area contributed by atoms with E-state index >= 15 is 0 Å². The van der Waals surface area contributed by atoms with Gasteiger partial charge in [-0.2, -0.15) is 0 Å². The van der Waals surface area contributed by atoms with E-state index in [-0.39, 0.29) is 11.8 Å². The monoisotopic (exact) mass is 432 g/mol. The average Bonchev–Trinajstić information content (AvgIpc) is 2.82. The fourth-order valence-electron chi connectivity index (χ4n) is 3.24. The van der Waals surface area contributed by atoms with Gasteiger partial charge < -0.3 is 20.1 Å². The Kier molecular flexibility index (Phi) is 8.26. The molecular weight excluding hydrogens is 404 g/mol. The Balaban J connectivity index is 1.62. The molecule has 2 N–H and O–H groups in total. The molecule has 6 nitrogen and oxygen atoms in total. The second kappa shape index (κ2) is 11.6. The first-order chi connectivity index (χ1) is 15.6. The van der Waals surface area contributed by atoms with Crippen LogP contribution in [0.4, 0.5) is 5.69 Å². The lowest BCUT2D eigenvalue weighted by molar-refractivity contribution is 0.0955. The van der Waals surface area contributed by atoms with Crippen molar-refractivity contribution in [1.82, 2.24) is 5.32 Å². The van der Waals surface area contributed by atoms with E-state index in [1.54, 1.807) is 48.5 Å². The molecule has 0 spiro atoms. The highest BCUT2D eigenvalue weighted by molar-refractivity contribution is 6.08. The maximum Gasteiger partial charge on any atom is 0.255 e. The van der Waals surface area contributed by atoms with Gasteiger partial charge in [0.1, 0.15) is 0 Å². The summed E-state index contributed by atoms with van der Waals surface area (Å²) in [7, 11) is 0. The van der Waals surface area contributed by atoms with Crippen molar-refractivity contribution in [2.24, 2.45) is 0 Å². The summed E-state index contributed by atoms with van der Waals surface area (Å²) in [6, 6.07) is 21.7. The molecule has 0 atom stereocenters. The van der Waals surface area contributed by atoms with Crippen LogP contribution in [0.3, 0.4) is 0 Å². The van der Waals surface area contributed by atoms with Gasteiger partial charge in [0.2, 0.25) is 0 Å². The molecule has 0 saturated heterocycles. The number of hydrogen-bond donors (Lipinski definition) is 2. The van der Waals surface area contributed by atoms with Crippen LogP contribution in [0.2, 0.25) is 0 Å². The summed E-state index contributed by atoms with van der Waals surface area (Å²) in [4.78, 5) is 25.3. The Morgan fingerprint density at radius 1 is 0.781 bits per heavy atom. The quantitative estimate of drug-likeness (QED) is 0.487. The van der Waals surface area contributed by atoms with Crippen LogP contribution in [-0.2, 0) is 6.42 Å². The van der Waals surface area contributed by atoms with Crippen molar-refractivity contribution < 1.29 is 19.1 Å². The van der Waals surface area contributed by atoms with Crippen molar-refractivity contribution in [3.8, 4) is 11.5 Å².